The molecule has 1 aromatic heterocycles. The number of oxazole rings is 1. The minimum atomic E-state index is -1.24. The van der Waals surface area contributed by atoms with Crippen molar-refractivity contribution >= 4 is 17.2 Å². The molecule has 72 valence electrons. The number of aromatic nitrogens is 1. The monoisotopic (exact) mass is 200 g/mol. The molecule has 0 radical (unpaired) electrons. The van der Waals surface area contributed by atoms with Crippen LogP contribution in [0.15, 0.2) is 21.4 Å². The molecule has 0 aromatic carbocycles. The summed E-state index contributed by atoms with van der Waals surface area (Å²) >= 11 is 0. The predicted molar refractivity (Wildman–Crippen MR) is 52.0 cm³/mol. The van der Waals surface area contributed by atoms with Gasteiger partial charge in [-0.1, -0.05) is 0 Å². The minimum absolute atomic E-state index is 0.337. The molecule has 1 rings (SSSR count). The van der Waals surface area contributed by atoms with Crippen molar-refractivity contribution in [2.75, 3.05) is 0 Å². The van der Waals surface area contributed by atoms with Gasteiger partial charge in [0.1, 0.15) is 11.0 Å². The lowest BCUT2D eigenvalue weighted by Gasteiger charge is -2.12. The molecule has 1 unspecified atom stereocenters. The SMILES string of the molecule is CC(C)(C)S(=O)/N=C/c1cnco1. The Morgan fingerprint density at radius 1 is 1.62 bits per heavy atom. The Balaban J connectivity index is 2.65. The van der Waals surface area contributed by atoms with Crippen molar-refractivity contribution in [2.45, 2.75) is 25.5 Å². The molecule has 4 nitrogen and oxygen atoms in total. The van der Waals surface area contributed by atoms with E-state index >= 15 is 0 Å². The first-order chi connectivity index (χ1) is 6.00. The maximum atomic E-state index is 11.4. The van der Waals surface area contributed by atoms with Gasteiger partial charge in [0.15, 0.2) is 12.2 Å². The summed E-state index contributed by atoms with van der Waals surface area (Å²) in [7, 11) is -1.24. The topological polar surface area (TPSA) is 55.5 Å². The van der Waals surface area contributed by atoms with E-state index in [0.29, 0.717) is 5.76 Å². The van der Waals surface area contributed by atoms with Gasteiger partial charge in [0, 0.05) is 0 Å². The lowest BCUT2D eigenvalue weighted by Crippen LogP contribution is -2.19. The summed E-state index contributed by atoms with van der Waals surface area (Å²) in [5.74, 6) is 0.512. The molecule has 0 N–H and O–H groups in total. The molecule has 0 aliphatic carbocycles. The quantitative estimate of drug-likeness (QED) is 0.681. The first kappa shape index (κ1) is 10.1. The Kier molecular flexibility index (Phi) is 2.98. The highest BCUT2D eigenvalue weighted by Gasteiger charge is 2.18. The van der Waals surface area contributed by atoms with E-state index in [1.165, 1.54) is 18.8 Å². The fraction of sp³-hybridized carbons (Fsp3) is 0.500. The van der Waals surface area contributed by atoms with Crippen LogP contribution in [-0.4, -0.2) is 20.2 Å². The lowest BCUT2D eigenvalue weighted by molar-refractivity contribution is 0.551. The Labute approximate surface area is 79.7 Å². The zero-order valence-corrected chi connectivity index (χ0v) is 8.67. The van der Waals surface area contributed by atoms with Gasteiger partial charge in [0.25, 0.3) is 0 Å². The second-order valence-electron chi connectivity index (χ2n) is 3.50. The summed E-state index contributed by atoms with van der Waals surface area (Å²) in [5, 5.41) is 0. The molecule has 1 atom stereocenters. The van der Waals surface area contributed by atoms with E-state index < -0.39 is 11.0 Å². The molecule has 0 fully saturated rings. The number of rotatable bonds is 2. The summed E-state index contributed by atoms with van der Waals surface area (Å²) in [6.45, 7) is 5.59. The number of hydrogen-bond acceptors (Lipinski definition) is 3. The first-order valence-electron chi connectivity index (χ1n) is 3.85. The molecule has 0 bridgehead atoms. The maximum Gasteiger partial charge on any atom is 0.181 e. The van der Waals surface area contributed by atoms with Crippen molar-refractivity contribution in [3.63, 3.8) is 0 Å². The van der Waals surface area contributed by atoms with Crippen LogP contribution in [0.25, 0.3) is 0 Å². The van der Waals surface area contributed by atoms with Crippen LogP contribution in [0.5, 0.6) is 0 Å². The van der Waals surface area contributed by atoms with Gasteiger partial charge in [0.2, 0.25) is 0 Å². The zero-order chi connectivity index (χ0) is 9.90. The van der Waals surface area contributed by atoms with Crippen LogP contribution in [0, 0.1) is 0 Å². The van der Waals surface area contributed by atoms with Crippen molar-refractivity contribution in [3.05, 3.63) is 18.4 Å². The smallest absolute Gasteiger partial charge is 0.181 e. The van der Waals surface area contributed by atoms with Gasteiger partial charge < -0.3 is 4.42 Å². The molecule has 5 heteroatoms. The van der Waals surface area contributed by atoms with Gasteiger partial charge in [-0.05, 0) is 20.8 Å². The molecular weight excluding hydrogens is 188 g/mol. The van der Waals surface area contributed by atoms with Crippen LogP contribution in [0.4, 0.5) is 0 Å². The van der Waals surface area contributed by atoms with Crippen LogP contribution in [0.2, 0.25) is 0 Å². The molecule has 13 heavy (non-hydrogen) atoms. The normalized spacial score (nSPS) is 15.0. The van der Waals surface area contributed by atoms with Crippen LogP contribution in [0.1, 0.15) is 26.5 Å². The van der Waals surface area contributed by atoms with Crippen molar-refractivity contribution < 1.29 is 8.63 Å². The third kappa shape index (κ3) is 3.10. The standard InChI is InChI=1S/C8H12N2O2S/c1-8(2,3)13(11)10-5-7-4-9-6-12-7/h4-6H,1-3H3/b10-5+. The van der Waals surface area contributed by atoms with Gasteiger partial charge in [-0.2, -0.15) is 4.40 Å². The van der Waals surface area contributed by atoms with Gasteiger partial charge >= 0.3 is 0 Å². The van der Waals surface area contributed by atoms with E-state index in [-0.39, 0.29) is 4.75 Å². The van der Waals surface area contributed by atoms with Gasteiger partial charge in [0.05, 0.1) is 17.2 Å². The Bertz CT molecular complexity index is 311. The fourth-order valence-corrected chi connectivity index (χ4v) is 1.06. The molecule has 1 aromatic rings. The summed E-state index contributed by atoms with van der Waals surface area (Å²) < 4.78 is 19.8. The molecular formula is C8H12N2O2S. The number of nitrogens with zero attached hydrogens (tertiary/aromatic N) is 2. The van der Waals surface area contributed by atoms with E-state index in [1.54, 1.807) is 0 Å². The molecule has 0 saturated heterocycles. The highest BCUT2D eigenvalue weighted by molar-refractivity contribution is 7.85. The molecule has 0 aliphatic heterocycles. The van der Waals surface area contributed by atoms with Crippen molar-refractivity contribution in [1.29, 1.82) is 0 Å². The minimum Gasteiger partial charge on any atom is -0.442 e. The highest BCUT2D eigenvalue weighted by atomic mass is 32.2. The Morgan fingerprint density at radius 2 is 2.31 bits per heavy atom. The van der Waals surface area contributed by atoms with Crippen molar-refractivity contribution in [2.24, 2.45) is 4.40 Å². The van der Waals surface area contributed by atoms with Crippen LogP contribution >= 0.6 is 0 Å². The van der Waals surface area contributed by atoms with Crippen molar-refractivity contribution in [1.82, 2.24) is 4.98 Å². The molecule has 0 aliphatic rings. The number of hydrogen-bond donors (Lipinski definition) is 0. The van der Waals surface area contributed by atoms with Gasteiger partial charge in [-0.25, -0.2) is 9.19 Å². The molecule has 0 amide bonds. The maximum absolute atomic E-state index is 11.4. The zero-order valence-electron chi connectivity index (χ0n) is 7.85. The van der Waals surface area contributed by atoms with Crippen LogP contribution in [-0.2, 0) is 11.0 Å². The predicted octanol–water partition coefficient (Wildman–Crippen LogP) is 1.56. The molecule has 0 saturated carbocycles. The van der Waals surface area contributed by atoms with E-state index in [2.05, 4.69) is 9.38 Å². The van der Waals surface area contributed by atoms with Crippen molar-refractivity contribution in [3.8, 4) is 0 Å². The lowest BCUT2D eigenvalue weighted by atomic mass is 10.3. The van der Waals surface area contributed by atoms with E-state index in [9.17, 15) is 4.21 Å². The van der Waals surface area contributed by atoms with E-state index in [1.807, 2.05) is 20.8 Å². The second-order valence-corrected chi connectivity index (χ2v) is 5.43. The van der Waals surface area contributed by atoms with E-state index in [0.717, 1.165) is 0 Å². The second kappa shape index (κ2) is 3.83. The molecule has 1 heterocycles. The average molecular weight is 200 g/mol. The summed E-state index contributed by atoms with van der Waals surface area (Å²) in [5.41, 5.74) is 0. The highest BCUT2D eigenvalue weighted by Crippen LogP contribution is 2.11. The summed E-state index contributed by atoms with van der Waals surface area (Å²) in [4.78, 5) is 3.71. The largest absolute Gasteiger partial charge is 0.442 e. The van der Waals surface area contributed by atoms with Crippen LogP contribution < -0.4 is 0 Å². The van der Waals surface area contributed by atoms with Gasteiger partial charge in [-0.3, -0.25) is 0 Å². The van der Waals surface area contributed by atoms with Crippen LogP contribution in [0.3, 0.4) is 0 Å². The van der Waals surface area contributed by atoms with E-state index in [4.69, 9.17) is 4.42 Å². The average Bonchev–Trinajstić information content (AvgIpc) is 2.50. The summed E-state index contributed by atoms with van der Waals surface area (Å²) in [6.07, 6.45) is 4.25. The van der Waals surface area contributed by atoms with Gasteiger partial charge in [-0.15, -0.1) is 0 Å². The Hall–Kier alpha value is -0.970. The third-order valence-electron chi connectivity index (χ3n) is 1.25. The first-order valence-corrected chi connectivity index (χ1v) is 4.95. The Morgan fingerprint density at radius 3 is 2.77 bits per heavy atom. The fourth-order valence-electron chi connectivity index (χ4n) is 0.547. The third-order valence-corrected chi connectivity index (χ3v) is 2.60. The summed E-state index contributed by atoms with van der Waals surface area (Å²) in [6, 6.07) is 0. The molecule has 0 spiro atoms.